The Kier molecular flexibility index (Phi) is 4.76. The SMILES string of the molecule is CCN(c1ccccc1)C(C)CC(C)(C)C(=O)O. The zero-order chi connectivity index (χ0) is 13.8. The van der Waals surface area contributed by atoms with Crippen LogP contribution in [-0.2, 0) is 4.79 Å². The zero-order valence-electron chi connectivity index (χ0n) is 11.7. The number of carboxylic acid groups (broad SMARTS) is 1. The first-order valence-corrected chi connectivity index (χ1v) is 6.43. The summed E-state index contributed by atoms with van der Waals surface area (Å²) >= 11 is 0. The van der Waals surface area contributed by atoms with Gasteiger partial charge in [0.2, 0.25) is 0 Å². The van der Waals surface area contributed by atoms with E-state index in [0.29, 0.717) is 6.42 Å². The lowest BCUT2D eigenvalue weighted by Crippen LogP contribution is -2.38. The molecule has 18 heavy (non-hydrogen) atoms. The van der Waals surface area contributed by atoms with Crippen LogP contribution < -0.4 is 4.90 Å². The van der Waals surface area contributed by atoms with Crippen molar-refractivity contribution in [1.29, 1.82) is 0 Å². The van der Waals surface area contributed by atoms with Crippen molar-refractivity contribution >= 4 is 11.7 Å². The standard InChI is InChI=1S/C15H23NO2/c1-5-16(13-9-7-6-8-10-13)12(2)11-15(3,4)14(17)18/h6-10,12H,5,11H2,1-4H3,(H,17,18). The molecule has 1 aromatic carbocycles. The molecule has 0 bridgehead atoms. The molecule has 1 rings (SSSR count). The average Bonchev–Trinajstić information content (AvgIpc) is 2.30. The minimum atomic E-state index is -0.738. The highest BCUT2D eigenvalue weighted by atomic mass is 16.4. The van der Waals surface area contributed by atoms with Crippen molar-refractivity contribution in [1.82, 2.24) is 0 Å². The molecule has 0 aliphatic carbocycles. The molecule has 0 radical (unpaired) electrons. The Balaban J connectivity index is 2.81. The average molecular weight is 249 g/mol. The first kappa shape index (κ1) is 14.6. The molecule has 3 nitrogen and oxygen atoms in total. The molecule has 0 fully saturated rings. The number of hydrogen-bond donors (Lipinski definition) is 1. The summed E-state index contributed by atoms with van der Waals surface area (Å²) in [5.74, 6) is -0.738. The summed E-state index contributed by atoms with van der Waals surface area (Å²) in [7, 11) is 0. The highest BCUT2D eigenvalue weighted by Crippen LogP contribution is 2.27. The molecule has 1 N–H and O–H groups in total. The molecule has 1 aromatic rings. The molecule has 0 saturated carbocycles. The number of nitrogens with zero attached hydrogens (tertiary/aromatic N) is 1. The summed E-state index contributed by atoms with van der Waals surface area (Å²) in [5, 5.41) is 9.20. The van der Waals surface area contributed by atoms with Gasteiger partial charge in [0, 0.05) is 18.3 Å². The Morgan fingerprint density at radius 3 is 2.33 bits per heavy atom. The summed E-state index contributed by atoms with van der Waals surface area (Å²) in [6.45, 7) is 8.62. The molecule has 3 heteroatoms. The molecule has 0 heterocycles. The van der Waals surface area contributed by atoms with Crippen molar-refractivity contribution in [3.8, 4) is 0 Å². The lowest BCUT2D eigenvalue weighted by Gasteiger charge is -2.34. The topological polar surface area (TPSA) is 40.5 Å². The van der Waals surface area contributed by atoms with Gasteiger partial charge in [0.05, 0.1) is 5.41 Å². The summed E-state index contributed by atoms with van der Waals surface area (Å²) < 4.78 is 0. The number of para-hydroxylation sites is 1. The van der Waals surface area contributed by atoms with E-state index in [0.717, 1.165) is 12.2 Å². The minimum Gasteiger partial charge on any atom is -0.481 e. The first-order chi connectivity index (χ1) is 8.38. The van der Waals surface area contributed by atoms with Gasteiger partial charge in [-0.2, -0.15) is 0 Å². The third-order valence-corrected chi connectivity index (χ3v) is 3.35. The van der Waals surface area contributed by atoms with Gasteiger partial charge in [-0.1, -0.05) is 18.2 Å². The van der Waals surface area contributed by atoms with Gasteiger partial charge in [0.25, 0.3) is 0 Å². The third-order valence-electron chi connectivity index (χ3n) is 3.35. The molecule has 100 valence electrons. The van der Waals surface area contributed by atoms with E-state index in [-0.39, 0.29) is 6.04 Å². The summed E-state index contributed by atoms with van der Waals surface area (Å²) in [4.78, 5) is 13.4. The highest BCUT2D eigenvalue weighted by molar-refractivity contribution is 5.73. The summed E-state index contributed by atoms with van der Waals surface area (Å²) in [6.07, 6.45) is 0.630. The van der Waals surface area contributed by atoms with E-state index in [9.17, 15) is 9.90 Å². The number of hydrogen-bond acceptors (Lipinski definition) is 2. The second-order valence-electron chi connectivity index (χ2n) is 5.36. The van der Waals surface area contributed by atoms with Gasteiger partial charge >= 0.3 is 5.97 Å². The quantitative estimate of drug-likeness (QED) is 0.840. The van der Waals surface area contributed by atoms with Gasteiger partial charge in [-0.15, -0.1) is 0 Å². The number of aliphatic carboxylic acids is 1. The molecular weight excluding hydrogens is 226 g/mol. The fourth-order valence-corrected chi connectivity index (χ4v) is 2.30. The minimum absolute atomic E-state index is 0.198. The largest absolute Gasteiger partial charge is 0.481 e. The number of benzene rings is 1. The van der Waals surface area contributed by atoms with E-state index in [1.54, 1.807) is 13.8 Å². The number of carboxylic acids is 1. The predicted molar refractivity (Wildman–Crippen MR) is 75.0 cm³/mol. The van der Waals surface area contributed by atoms with Crippen LogP contribution in [0, 0.1) is 5.41 Å². The van der Waals surface area contributed by atoms with Crippen LogP contribution in [0.25, 0.3) is 0 Å². The third kappa shape index (κ3) is 3.49. The molecular formula is C15H23NO2. The Hall–Kier alpha value is -1.51. The van der Waals surface area contributed by atoms with Gasteiger partial charge < -0.3 is 10.0 Å². The monoisotopic (exact) mass is 249 g/mol. The van der Waals surface area contributed by atoms with E-state index >= 15 is 0 Å². The van der Waals surface area contributed by atoms with Gasteiger partial charge in [0.1, 0.15) is 0 Å². The molecule has 1 unspecified atom stereocenters. The number of carbonyl (C=O) groups is 1. The molecule has 1 atom stereocenters. The smallest absolute Gasteiger partial charge is 0.309 e. The second kappa shape index (κ2) is 5.89. The lowest BCUT2D eigenvalue weighted by molar-refractivity contribution is -0.147. The summed E-state index contributed by atoms with van der Waals surface area (Å²) in [5.41, 5.74) is 0.454. The summed E-state index contributed by atoms with van der Waals surface area (Å²) in [6, 6.07) is 10.3. The van der Waals surface area contributed by atoms with Crippen molar-refractivity contribution in [2.75, 3.05) is 11.4 Å². The van der Waals surface area contributed by atoms with Gasteiger partial charge in [0.15, 0.2) is 0 Å². The maximum atomic E-state index is 11.2. The van der Waals surface area contributed by atoms with Crippen LogP contribution in [0.2, 0.25) is 0 Å². The van der Waals surface area contributed by atoms with Crippen molar-refractivity contribution in [3.63, 3.8) is 0 Å². The molecule has 0 aliphatic heterocycles. The van der Waals surface area contributed by atoms with Gasteiger partial charge in [-0.05, 0) is 46.2 Å². The zero-order valence-corrected chi connectivity index (χ0v) is 11.7. The molecule has 0 spiro atoms. The fraction of sp³-hybridized carbons (Fsp3) is 0.533. The van der Waals surface area contributed by atoms with Crippen LogP contribution >= 0.6 is 0 Å². The van der Waals surface area contributed by atoms with Crippen molar-refractivity contribution in [2.45, 2.75) is 40.2 Å². The molecule has 0 aliphatic rings. The molecule has 0 saturated heterocycles. The highest BCUT2D eigenvalue weighted by Gasteiger charge is 2.31. The van der Waals surface area contributed by atoms with Crippen molar-refractivity contribution in [3.05, 3.63) is 30.3 Å². The van der Waals surface area contributed by atoms with Gasteiger partial charge in [-0.3, -0.25) is 4.79 Å². The van der Waals surface area contributed by atoms with E-state index < -0.39 is 11.4 Å². The maximum absolute atomic E-state index is 11.2. The Labute approximate surface area is 109 Å². The van der Waals surface area contributed by atoms with Crippen LogP contribution in [0.15, 0.2) is 30.3 Å². The number of anilines is 1. The second-order valence-corrected chi connectivity index (χ2v) is 5.36. The predicted octanol–water partition coefficient (Wildman–Crippen LogP) is 3.40. The Morgan fingerprint density at radius 2 is 1.89 bits per heavy atom. The first-order valence-electron chi connectivity index (χ1n) is 6.43. The lowest BCUT2D eigenvalue weighted by atomic mass is 9.85. The molecule has 0 aromatic heterocycles. The van der Waals surface area contributed by atoms with Crippen molar-refractivity contribution < 1.29 is 9.90 Å². The molecule has 0 amide bonds. The number of rotatable bonds is 6. The fourth-order valence-electron chi connectivity index (χ4n) is 2.30. The van der Waals surface area contributed by atoms with Crippen LogP contribution in [0.1, 0.15) is 34.1 Å². The Morgan fingerprint density at radius 1 is 1.33 bits per heavy atom. The van der Waals surface area contributed by atoms with Crippen LogP contribution in [0.4, 0.5) is 5.69 Å². The van der Waals surface area contributed by atoms with Crippen LogP contribution in [0.5, 0.6) is 0 Å². The van der Waals surface area contributed by atoms with Crippen LogP contribution in [0.3, 0.4) is 0 Å². The van der Waals surface area contributed by atoms with E-state index in [2.05, 4.69) is 30.9 Å². The van der Waals surface area contributed by atoms with E-state index in [4.69, 9.17) is 0 Å². The van der Waals surface area contributed by atoms with Crippen LogP contribution in [-0.4, -0.2) is 23.7 Å². The van der Waals surface area contributed by atoms with E-state index in [1.807, 2.05) is 18.2 Å². The van der Waals surface area contributed by atoms with E-state index in [1.165, 1.54) is 0 Å². The maximum Gasteiger partial charge on any atom is 0.309 e. The van der Waals surface area contributed by atoms with Gasteiger partial charge in [-0.25, -0.2) is 0 Å². The normalized spacial score (nSPS) is 13.1. The van der Waals surface area contributed by atoms with Crippen molar-refractivity contribution in [2.24, 2.45) is 5.41 Å². The Bertz CT molecular complexity index is 387.